The Bertz CT molecular complexity index is 1540. The van der Waals surface area contributed by atoms with Gasteiger partial charge in [-0.25, -0.2) is 0 Å². The summed E-state index contributed by atoms with van der Waals surface area (Å²) in [5.41, 5.74) is -1.27. The van der Waals surface area contributed by atoms with E-state index in [0.29, 0.717) is 0 Å². The SMILES string of the molecule is C[C@H]1O[C@@H](Oc2c(-c3ccc(O)c(O)c3)oc3cc(O)cc(O)c3c2=O)[C@@H](O)[C@H](O)[C@H]1O[C@@H]1O[C@H](CO)[C@@H](O)[C@H](O)[C@H]1O. The first-order valence-electron chi connectivity index (χ1n) is 13.0. The number of aliphatic hydroxyl groups is 6. The highest BCUT2D eigenvalue weighted by molar-refractivity contribution is 5.88. The van der Waals surface area contributed by atoms with E-state index in [4.69, 9.17) is 23.4 Å². The van der Waals surface area contributed by atoms with Crippen molar-refractivity contribution in [3.8, 4) is 40.1 Å². The molecule has 0 aliphatic carbocycles. The van der Waals surface area contributed by atoms with Crippen LogP contribution in [0.3, 0.4) is 0 Å². The molecule has 10 N–H and O–H groups in total. The molecule has 16 nitrogen and oxygen atoms in total. The van der Waals surface area contributed by atoms with Gasteiger partial charge in [-0.3, -0.25) is 4.79 Å². The topological polar surface area (TPSA) is 269 Å². The van der Waals surface area contributed by atoms with Crippen LogP contribution in [0.5, 0.6) is 28.7 Å². The van der Waals surface area contributed by atoms with Crippen molar-refractivity contribution < 1.29 is 74.4 Å². The summed E-state index contributed by atoms with van der Waals surface area (Å²) in [6.45, 7) is 0.657. The van der Waals surface area contributed by atoms with Crippen molar-refractivity contribution in [1.82, 2.24) is 0 Å². The van der Waals surface area contributed by atoms with Crippen LogP contribution in [0.2, 0.25) is 0 Å². The fourth-order valence-electron chi connectivity index (χ4n) is 4.97. The first-order chi connectivity index (χ1) is 20.3. The Hall–Kier alpha value is -3.71. The summed E-state index contributed by atoms with van der Waals surface area (Å²) in [6, 6.07) is 5.32. The Morgan fingerprint density at radius 1 is 0.791 bits per heavy atom. The molecular formula is C27H30O16. The molecule has 2 aliphatic rings. The Balaban J connectivity index is 1.47. The predicted molar refractivity (Wildman–Crippen MR) is 140 cm³/mol. The standard InChI is InChI=1S/C27H30O16/c1-8-23(42-27-21(37)19(35)17(33)15(7-28)41-27)20(36)22(38)26(39-8)43-25-18(34)16-13(32)5-10(29)6-14(16)40-24(25)9-2-3-11(30)12(31)4-9/h2-6,8,15,17,19-23,26-33,35-38H,7H2,1H3/t8-,15-,17-,19+,20+,21-,22+,23+,26+,27+/m1/s1. The van der Waals surface area contributed by atoms with Crippen LogP contribution in [0.25, 0.3) is 22.3 Å². The molecule has 16 heteroatoms. The Kier molecular flexibility index (Phi) is 8.41. The summed E-state index contributed by atoms with van der Waals surface area (Å²) in [6.07, 6.45) is -16.3. The van der Waals surface area contributed by atoms with E-state index in [1.807, 2.05) is 0 Å². The van der Waals surface area contributed by atoms with Gasteiger partial charge in [0.05, 0.1) is 12.7 Å². The summed E-state index contributed by atoms with van der Waals surface area (Å²) >= 11 is 0. The predicted octanol–water partition coefficient (Wildman–Crippen LogP) is -1.69. The van der Waals surface area contributed by atoms with Crippen LogP contribution in [0.15, 0.2) is 39.5 Å². The van der Waals surface area contributed by atoms with Gasteiger partial charge in [-0.05, 0) is 25.1 Å². The minimum absolute atomic E-state index is 0.00476. The monoisotopic (exact) mass is 610 g/mol. The molecule has 10 atom stereocenters. The highest BCUT2D eigenvalue weighted by Gasteiger charge is 2.50. The van der Waals surface area contributed by atoms with Crippen molar-refractivity contribution in [2.24, 2.45) is 0 Å². The van der Waals surface area contributed by atoms with Crippen LogP contribution in [0, 0.1) is 0 Å². The molecule has 2 fully saturated rings. The molecule has 3 aromatic rings. The number of phenolic OH excluding ortho intramolecular Hbond substituents is 4. The second-order valence-electron chi connectivity index (χ2n) is 10.2. The molecule has 2 aromatic carbocycles. The number of benzene rings is 2. The zero-order valence-corrected chi connectivity index (χ0v) is 22.3. The third-order valence-corrected chi connectivity index (χ3v) is 7.31. The van der Waals surface area contributed by atoms with E-state index in [2.05, 4.69) is 0 Å². The molecule has 234 valence electrons. The average molecular weight is 611 g/mol. The van der Waals surface area contributed by atoms with E-state index in [0.717, 1.165) is 24.3 Å². The summed E-state index contributed by atoms with van der Waals surface area (Å²) in [7, 11) is 0. The van der Waals surface area contributed by atoms with E-state index < -0.39 is 108 Å². The lowest BCUT2D eigenvalue weighted by atomic mass is 9.97. The quantitative estimate of drug-likeness (QED) is 0.140. The zero-order valence-electron chi connectivity index (χ0n) is 22.3. The summed E-state index contributed by atoms with van der Waals surface area (Å²) < 4.78 is 28.0. The number of hydrogen-bond donors (Lipinski definition) is 10. The largest absolute Gasteiger partial charge is 0.508 e. The lowest BCUT2D eigenvalue weighted by molar-refractivity contribution is -0.348. The fraction of sp³-hybridized carbons (Fsp3) is 0.444. The van der Waals surface area contributed by atoms with Crippen LogP contribution in [-0.4, -0.2) is 119 Å². The lowest BCUT2D eigenvalue weighted by Crippen LogP contribution is -2.64. The van der Waals surface area contributed by atoms with Crippen molar-refractivity contribution in [3.63, 3.8) is 0 Å². The molecule has 43 heavy (non-hydrogen) atoms. The zero-order chi connectivity index (χ0) is 31.3. The number of aromatic hydroxyl groups is 4. The van der Waals surface area contributed by atoms with Gasteiger partial charge in [0, 0.05) is 17.7 Å². The van der Waals surface area contributed by atoms with Crippen LogP contribution >= 0.6 is 0 Å². The number of ether oxygens (including phenoxy) is 4. The van der Waals surface area contributed by atoms with E-state index in [-0.39, 0.29) is 16.9 Å². The molecule has 1 aromatic heterocycles. The molecule has 0 unspecified atom stereocenters. The van der Waals surface area contributed by atoms with E-state index in [1.165, 1.54) is 13.0 Å². The Morgan fingerprint density at radius 2 is 1.49 bits per heavy atom. The van der Waals surface area contributed by atoms with Gasteiger partial charge < -0.3 is 74.4 Å². The first kappa shape index (κ1) is 30.7. The smallest absolute Gasteiger partial charge is 0.239 e. The van der Waals surface area contributed by atoms with E-state index in [9.17, 15) is 55.9 Å². The number of hydrogen-bond acceptors (Lipinski definition) is 16. The van der Waals surface area contributed by atoms with Gasteiger partial charge >= 0.3 is 0 Å². The van der Waals surface area contributed by atoms with Gasteiger partial charge in [-0.15, -0.1) is 0 Å². The highest BCUT2D eigenvalue weighted by atomic mass is 16.7. The molecule has 3 heterocycles. The van der Waals surface area contributed by atoms with Crippen molar-refractivity contribution in [3.05, 3.63) is 40.6 Å². The second-order valence-corrected chi connectivity index (χ2v) is 10.2. The maximum Gasteiger partial charge on any atom is 0.239 e. The summed E-state index contributed by atoms with van der Waals surface area (Å²) in [5.74, 6) is -3.19. The van der Waals surface area contributed by atoms with Crippen LogP contribution < -0.4 is 10.2 Å². The molecule has 5 rings (SSSR count). The maximum absolute atomic E-state index is 13.6. The molecule has 0 saturated carbocycles. The normalized spacial score (nSPS) is 33.0. The number of fused-ring (bicyclic) bond motifs is 1. The number of rotatable bonds is 6. The van der Waals surface area contributed by atoms with Crippen molar-refractivity contribution >= 4 is 11.0 Å². The van der Waals surface area contributed by atoms with Crippen LogP contribution in [-0.2, 0) is 14.2 Å². The van der Waals surface area contributed by atoms with E-state index in [1.54, 1.807) is 0 Å². The third kappa shape index (κ3) is 5.55. The van der Waals surface area contributed by atoms with Crippen molar-refractivity contribution in [2.45, 2.75) is 68.3 Å². The van der Waals surface area contributed by atoms with Crippen LogP contribution in [0.4, 0.5) is 0 Å². The molecule has 0 spiro atoms. The molecular weight excluding hydrogens is 580 g/mol. The molecule has 0 radical (unpaired) electrons. The van der Waals surface area contributed by atoms with Crippen molar-refractivity contribution in [1.29, 1.82) is 0 Å². The summed E-state index contributed by atoms with van der Waals surface area (Å²) in [4.78, 5) is 13.6. The number of aliphatic hydroxyl groups excluding tert-OH is 6. The highest BCUT2D eigenvalue weighted by Crippen LogP contribution is 2.39. The molecule has 0 amide bonds. The summed E-state index contributed by atoms with van der Waals surface area (Å²) in [5, 5.41) is 101. The minimum atomic E-state index is -1.93. The van der Waals surface area contributed by atoms with Gasteiger partial charge in [-0.1, -0.05) is 0 Å². The third-order valence-electron chi connectivity index (χ3n) is 7.31. The van der Waals surface area contributed by atoms with Gasteiger partial charge in [0.1, 0.15) is 65.2 Å². The molecule has 0 bridgehead atoms. The lowest BCUT2D eigenvalue weighted by Gasteiger charge is -2.45. The Morgan fingerprint density at radius 3 is 2.16 bits per heavy atom. The van der Waals surface area contributed by atoms with Gasteiger partial charge in [-0.2, -0.15) is 0 Å². The van der Waals surface area contributed by atoms with Gasteiger partial charge in [0.15, 0.2) is 23.5 Å². The van der Waals surface area contributed by atoms with Crippen molar-refractivity contribution in [2.75, 3.05) is 6.61 Å². The molecule has 2 saturated heterocycles. The second kappa shape index (κ2) is 11.8. The molecule has 2 aliphatic heterocycles. The van der Waals surface area contributed by atoms with Gasteiger partial charge in [0.25, 0.3) is 0 Å². The Labute approximate surface area is 241 Å². The van der Waals surface area contributed by atoms with E-state index >= 15 is 0 Å². The maximum atomic E-state index is 13.6. The minimum Gasteiger partial charge on any atom is -0.508 e. The van der Waals surface area contributed by atoms with Gasteiger partial charge in [0.2, 0.25) is 17.5 Å². The average Bonchev–Trinajstić information content (AvgIpc) is 2.96. The van der Waals surface area contributed by atoms with Crippen LogP contribution in [0.1, 0.15) is 6.92 Å². The fourth-order valence-corrected chi connectivity index (χ4v) is 4.97. The number of phenols is 4. The first-order valence-corrected chi connectivity index (χ1v) is 13.0.